The third-order valence-electron chi connectivity index (χ3n) is 3.44. The summed E-state index contributed by atoms with van der Waals surface area (Å²) in [6.45, 7) is 8.77. The van der Waals surface area contributed by atoms with Crippen LogP contribution in [0.3, 0.4) is 0 Å². The number of anilines is 1. The summed E-state index contributed by atoms with van der Waals surface area (Å²) in [5, 5.41) is 2.93. The number of rotatable bonds is 6. The SMILES string of the molecule is C=C(C)COc1ccc(NC(=O)CN2CCCCC2)cc1. The van der Waals surface area contributed by atoms with E-state index in [-0.39, 0.29) is 5.91 Å². The van der Waals surface area contributed by atoms with Crippen molar-refractivity contribution < 1.29 is 9.53 Å². The largest absolute Gasteiger partial charge is 0.489 e. The van der Waals surface area contributed by atoms with Crippen LogP contribution in [0.4, 0.5) is 5.69 Å². The van der Waals surface area contributed by atoms with Gasteiger partial charge >= 0.3 is 0 Å². The molecule has 1 amide bonds. The topological polar surface area (TPSA) is 41.6 Å². The lowest BCUT2D eigenvalue weighted by Crippen LogP contribution is -2.36. The standard InChI is InChI=1S/C17H24N2O2/c1-14(2)13-21-16-8-6-15(7-9-16)18-17(20)12-19-10-4-3-5-11-19/h6-9H,1,3-5,10-13H2,2H3,(H,18,20). The lowest BCUT2D eigenvalue weighted by atomic mass is 10.1. The van der Waals surface area contributed by atoms with Crippen molar-refractivity contribution in [2.24, 2.45) is 0 Å². The second-order valence-electron chi connectivity index (χ2n) is 5.66. The molecule has 0 spiro atoms. The molecule has 0 aliphatic carbocycles. The third-order valence-corrected chi connectivity index (χ3v) is 3.44. The normalized spacial score (nSPS) is 15.5. The van der Waals surface area contributed by atoms with Gasteiger partial charge in [0.05, 0.1) is 6.54 Å². The van der Waals surface area contributed by atoms with E-state index in [1.165, 1.54) is 19.3 Å². The number of nitrogens with zero attached hydrogens (tertiary/aromatic N) is 1. The minimum atomic E-state index is 0.0486. The number of amides is 1. The van der Waals surface area contributed by atoms with Crippen molar-refractivity contribution in [3.63, 3.8) is 0 Å². The Balaban J connectivity index is 1.79. The molecule has 1 heterocycles. The predicted octanol–water partition coefficient (Wildman–Crippen LogP) is 3.07. The maximum absolute atomic E-state index is 12.0. The molecule has 0 atom stereocenters. The number of piperidine rings is 1. The van der Waals surface area contributed by atoms with E-state index in [4.69, 9.17) is 4.74 Å². The summed E-state index contributed by atoms with van der Waals surface area (Å²) in [5.41, 5.74) is 1.79. The van der Waals surface area contributed by atoms with Crippen LogP contribution in [0.25, 0.3) is 0 Å². The molecule has 21 heavy (non-hydrogen) atoms. The van der Waals surface area contributed by atoms with E-state index in [1.807, 2.05) is 31.2 Å². The fourth-order valence-corrected chi connectivity index (χ4v) is 2.36. The van der Waals surface area contributed by atoms with E-state index in [1.54, 1.807) is 0 Å². The number of benzene rings is 1. The van der Waals surface area contributed by atoms with Gasteiger partial charge in [-0.05, 0) is 62.7 Å². The number of likely N-dealkylation sites (tertiary alicyclic amines) is 1. The van der Waals surface area contributed by atoms with E-state index < -0.39 is 0 Å². The zero-order valence-corrected chi connectivity index (χ0v) is 12.7. The number of carbonyl (C=O) groups excluding carboxylic acids is 1. The van der Waals surface area contributed by atoms with Crippen molar-refractivity contribution in [1.29, 1.82) is 0 Å². The summed E-state index contributed by atoms with van der Waals surface area (Å²) in [4.78, 5) is 14.2. The van der Waals surface area contributed by atoms with Crippen LogP contribution in [-0.4, -0.2) is 37.0 Å². The monoisotopic (exact) mass is 288 g/mol. The molecule has 4 heteroatoms. The lowest BCUT2D eigenvalue weighted by Gasteiger charge is -2.25. The van der Waals surface area contributed by atoms with Gasteiger partial charge in [0.1, 0.15) is 12.4 Å². The second-order valence-corrected chi connectivity index (χ2v) is 5.66. The molecule has 0 bridgehead atoms. The van der Waals surface area contributed by atoms with Crippen molar-refractivity contribution in [3.8, 4) is 5.75 Å². The molecule has 1 aromatic carbocycles. The summed E-state index contributed by atoms with van der Waals surface area (Å²) in [6, 6.07) is 7.45. The summed E-state index contributed by atoms with van der Waals surface area (Å²) >= 11 is 0. The van der Waals surface area contributed by atoms with Gasteiger partial charge in [0, 0.05) is 5.69 Å². The van der Waals surface area contributed by atoms with Crippen molar-refractivity contribution in [1.82, 2.24) is 4.90 Å². The zero-order valence-electron chi connectivity index (χ0n) is 12.7. The average Bonchev–Trinajstić information content (AvgIpc) is 2.47. The molecule has 1 N–H and O–H groups in total. The average molecular weight is 288 g/mol. The van der Waals surface area contributed by atoms with Crippen LogP contribution in [0.2, 0.25) is 0 Å². The predicted molar refractivity (Wildman–Crippen MR) is 85.7 cm³/mol. The Morgan fingerprint density at radius 3 is 2.52 bits per heavy atom. The van der Waals surface area contributed by atoms with Crippen LogP contribution in [0.1, 0.15) is 26.2 Å². The quantitative estimate of drug-likeness (QED) is 0.818. The highest BCUT2D eigenvalue weighted by molar-refractivity contribution is 5.92. The van der Waals surface area contributed by atoms with Gasteiger partial charge in [0.15, 0.2) is 0 Å². The Hall–Kier alpha value is -1.81. The first-order valence-corrected chi connectivity index (χ1v) is 7.53. The van der Waals surface area contributed by atoms with Crippen molar-refractivity contribution >= 4 is 11.6 Å². The molecule has 114 valence electrons. The smallest absolute Gasteiger partial charge is 0.238 e. The molecule has 1 aliphatic rings. The molecule has 2 rings (SSSR count). The van der Waals surface area contributed by atoms with Gasteiger partial charge < -0.3 is 10.1 Å². The summed E-state index contributed by atoms with van der Waals surface area (Å²) in [5.74, 6) is 0.833. The first kappa shape index (κ1) is 15.6. The number of nitrogens with one attached hydrogen (secondary N) is 1. The van der Waals surface area contributed by atoms with Crippen LogP contribution in [0.5, 0.6) is 5.75 Å². The van der Waals surface area contributed by atoms with E-state index in [0.717, 1.165) is 30.1 Å². The molecule has 0 saturated carbocycles. The molecule has 1 saturated heterocycles. The second kappa shape index (κ2) is 7.84. The highest BCUT2D eigenvalue weighted by atomic mass is 16.5. The van der Waals surface area contributed by atoms with Gasteiger partial charge in [-0.3, -0.25) is 9.69 Å². The van der Waals surface area contributed by atoms with E-state index >= 15 is 0 Å². The van der Waals surface area contributed by atoms with Crippen molar-refractivity contribution in [2.75, 3.05) is 31.6 Å². The molecular weight excluding hydrogens is 264 g/mol. The number of hydrogen-bond acceptors (Lipinski definition) is 3. The van der Waals surface area contributed by atoms with Gasteiger partial charge in [-0.2, -0.15) is 0 Å². The molecule has 4 nitrogen and oxygen atoms in total. The van der Waals surface area contributed by atoms with Gasteiger partial charge in [0.25, 0.3) is 0 Å². The number of hydrogen-bond donors (Lipinski definition) is 1. The van der Waals surface area contributed by atoms with E-state index in [0.29, 0.717) is 13.2 Å². The third kappa shape index (κ3) is 5.60. The fourth-order valence-electron chi connectivity index (χ4n) is 2.36. The summed E-state index contributed by atoms with van der Waals surface area (Å²) in [6.07, 6.45) is 3.67. The van der Waals surface area contributed by atoms with Crippen LogP contribution in [0, 0.1) is 0 Å². The molecule has 0 aromatic heterocycles. The van der Waals surface area contributed by atoms with E-state index in [9.17, 15) is 4.79 Å². The number of carbonyl (C=O) groups is 1. The van der Waals surface area contributed by atoms with Crippen LogP contribution < -0.4 is 10.1 Å². The molecule has 1 fully saturated rings. The Morgan fingerprint density at radius 1 is 1.24 bits per heavy atom. The maximum atomic E-state index is 12.0. The van der Waals surface area contributed by atoms with Crippen molar-refractivity contribution in [2.45, 2.75) is 26.2 Å². The van der Waals surface area contributed by atoms with Crippen LogP contribution in [0.15, 0.2) is 36.4 Å². The van der Waals surface area contributed by atoms with Crippen LogP contribution >= 0.6 is 0 Å². The highest BCUT2D eigenvalue weighted by Gasteiger charge is 2.13. The lowest BCUT2D eigenvalue weighted by molar-refractivity contribution is -0.117. The zero-order chi connectivity index (χ0) is 15.1. The Morgan fingerprint density at radius 2 is 1.90 bits per heavy atom. The first-order chi connectivity index (χ1) is 10.1. The van der Waals surface area contributed by atoms with E-state index in [2.05, 4.69) is 16.8 Å². The number of ether oxygens (including phenoxy) is 1. The maximum Gasteiger partial charge on any atom is 0.238 e. The molecule has 0 unspecified atom stereocenters. The van der Waals surface area contributed by atoms with Gasteiger partial charge in [-0.1, -0.05) is 13.0 Å². The molecule has 1 aliphatic heterocycles. The minimum absolute atomic E-state index is 0.0486. The summed E-state index contributed by atoms with van der Waals surface area (Å²) < 4.78 is 5.53. The first-order valence-electron chi connectivity index (χ1n) is 7.53. The Bertz CT molecular complexity index is 476. The molecule has 1 aromatic rings. The van der Waals surface area contributed by atoms with Gasteiger partial charge in [0.2, 0.25) is 5.91 Å². The van der Waals surface area contributed by atoms with Gasteiger partial charge in [-0.25, -0.2) is 0 Å². The Kier molecular flexibility index (Phi) is 5.81. The fraction of sp³-hybridized carbons (Fsp3) is 0.471. The van der Waals surface area contributed by atoms with Crippen LogP contribution in [-0.2, 0) is 4.79 Å². The minimum Gasteiger partial charge on any atom is -0.489 e. The highest BCUT2D eigenvalue weighted by Crippen LogP contribution is 2.16. The van der Waals surface area contributed by atoms with Gasteiger partial charge in [-0.15, -0.1) is 0 Å². The summed E-state index contributed by atoms with van der Waals surface area (Å²) in [7, 11) is 0. The molecular formula is C17H24N2O2. The Labute approximate surface area is 126 Å². The van der Waals surface area contributed by atoms with Crippen molar-refractivity contribution in [3.05, 3.63) is 36.4 Å². The molecule has 0 radical (unpaired) electrons.